The van der Waals surface area contributed by atoms with Crippen LogP contribution in [0.2, 0.25) is 0 Å². The molecule has 0 radical (unpaired) electrons. The van der Waals surface area contributed by atoms with Crippen molar-refractivity contribution in [3.05, 3.63) is 28.2 Å². The minimum atomic E-state index is -2.80. The summed E-state index contributed by atoms with van der Waals surface area (Å²) in [6.45, 7) is -0.162. The molecule has 1 fully saturated rings. The Kier molecular flexibility index (Phi) is 6.37. The first-order chi connectivity index (χ1) is 9.41. The Morgan fingerprint density at radius 1 is 1.57 bits per heavy atom. The van der Waals surface area contributed by atoms with Gasteiger partial charge < -0.3 is 10.1 Å². The highest BCUT2D eigenvalue weighted by Gasteiger charge is 2.42. The predicted octanol–water partition coefficient (Wildman–Crippen LogP) is 2.49. The van der Waals surface area contributed by atoms with E-state index in [2.05, 4.69) is 26.6 Å². The number of hydrogen-bond donors (Lipinski definition) is 2. The lowest BCUT2D eigenvalue weighted by Crippen LogP contribution is -2.40. The molecule has 1 aliphatic rings. The average Bonchev–Trinajstić information content (AvgIpc) is 2.76. The standard InChI is InChI=1S/C13H15BrF2N2O2.ClH/c1-20-11-3-2-8(4-9(11)14)6-17-12(19)10-5-13(15,16)7-18-10;/h2-4,10,18H,5-7H2,1H3,(H,17,19);1H. The minimum absolute atomic E-state index is 0. The first kappa shape index (κ1) is 18.1. The zero-order chi connectivity index (χ0) is 14.8. The smallest absolute Gasteiger partial charge is 0.262 e. The molecule has 1 unspecified atom stereocenters. The van der Waals surface area contributed by atoms with Gasteiger partial charge in [0.05, 0.1) is 24.2 Å². The van der Waals surface area contributed by atoms with Crippen LogP contribution in [0.5, 0.6) is 5.75 Å². The van der Waals surface area contributed by atoms with Crippen molar-refractivity contribution < 1.29 is 18.3 Å². The van der Waals surface area contributed by atoms with Gasteiger partial charge in [0.25, 0.3) is 5.92 Å². The number of rotatable bonds is 4. The Labute approximate surface area is 136 Å². The van der Waals surface area contributed by atoms with Gasteiger partial charge in [0.2, 0.25) is 5.91 Å². The Morgan fingerprint density at radius 2 is 2.29 bits per heavy atom. The van der Waals surface area contributed by atoms with Crippen molar-refractivity contribution in [3.8, 4) is 5.75 Å². The van der Waals surface area contributed by atoms with Crippen LogP contribution in [0, 0.1) is 0 Å². The molecule has 0 spiro atoms. The van der Waals surface area contributed by atoms with Crippen LogP contribution in [-0.2, 0) is 11.3 Å². The Hall–Kier alpha value is -0.920. The van der Waals surface area contributed by atoms with Gasteiger partial charge in [0, 0.05) is 13.0 Å². The van der Waals surface area contributed by atoms with E-state index in [9.17, 15) is 13.6 Å². The normalized spacial score (nSPS) is 19.7. The summed E-state index contributed by atoms with van der Waals surface area (Å²) in [5.74, 6) is -2.52. The molecule has 1 saturated heterocycles. The van der Waals surface area contributed by atoms with Gasteiger partial charge in [-0.3, -0.25) is 10.1 Å². The number of hydrogen-bond acceptors (Lipinski definition) is 3. The molecule has 1 atom stereocenters. The van der Waals surface area contributed by atoms with E-state index in [1.54, 1.807) is 19.2 Å². The highest BCUT2D eigenvalue weighted by Crippen LogP contribution is 2.26. The Morgan fingerprint density at radius 3 is 2.81 bits per heavy atom. The third-order valence-electron chi connectivity index (χ3n) is 3.11. The minimum Gasteiger partial charge on any atom is -0.496 e. The SMILES string of the molecule is COc1ccc(CNC(=O)C2CC(F)(F)CN2)cc1Br.Cl. The zero-order valence-electron chi connectivity index (χ0n) is 11.3. The molecule has 4 nitrogen and oxygen atoms in total. The predicted molar refractivity (Wildman–Crippen MR) is 81.1 cm³/mol. The number of carbonyl (C=O) groups is 1. The number of halogens is 4. The van der Waals surface area contributed by atoms with Gasteiger partial charge in [0.1, 0.15) is 5.75 Å². The summed E-state index contributed by atoms with van der Waals surface area (Å²) in [5, 5.41) is 5.17. The molecule has 0 saturated carbocycles. The van der Waals surface area contributed by atoms with Gasteiger partial charge in [0.15, 0.2) is 0 Å². The lowest BCUT2D eigenvalue weighted by molar-refractivity contribution is -0.123. The van der Waals surface area contributed by atoms with E-state index in [1.165, 1.54) is 0 Å². The number of benzene rings is 1. The Balaban J connectivity index is 0.00000220. The lowest BCUT2D eigenvalue weighted by Gasteiger charge is -2.12. The molecule has 8 heteroatoms. The molecular formula is C13H16BrClF2N2O2. The second-order valence-corrected chi connectivity index (χ2v) is 5.53. The molecule has 1 heterocycles. The number of carbonyl (C=O) groups excluding carboxylic acids is 1. The van der Waals surface area contributed by atoms with Gasteiger partial charge in [-0.15, -0.1) is 12.4 Å². The van der Waals surface area contributed by atoms with E-state index in [0.29, 0.717) is 5.75 Å². The van der Waals surface area contributed by atoms with Gasteiger partial charge in [-0.2, -0.15) is 0 Å². The maximum Gasteiger partial charge on any atom is 0.262 e. The van der Waals surface area contributed by atoms with Crippen LogP contribution in [0.25, 0.3) is 0 Å². The average molecular weight is 386 g/mol. The topological polar surface area (TPSA) is 50.4 Å². The second-order valence-electron chi connectivity index (χ2n) is 4.68. The van der Waals surface area contributed by atoms with Crippen LogP contribution >= 0.6 is 28.3 Å². The molecule has 118 valence electrons. The fourth-order valence-electron chi connectivity index (χ4n) is 2.03. The van der Waals surface area contributed by atoms with E-state index in [4.69, 9.17) is 4.74 Å². The molecule has 1 aliphatic heterocycles. The summed E-state index contributed by atoms with van der Waals surface area (Å²) in [7, 11) is 1.56. The van der Waals surface area contributed by atoms with Crippen molar-refractivity contribution in [2.45, 2.75) is 24.9 Å². The number of alkyl halides is 2. The first-order valence-corrected chi connectivity index (χ1v) is 6.92. The fourth-order valence-corrected chi connectivity index (χ4v) is 2.62. The van der Waals surface area contributed by atoms with E-state index >= 15 is 0 Å². The van der Waals surface area contributed by atoms with Crippen LogP contribution in [0.15, 0.2) is 22.7 Å². The van der Waals surface area contributed by atoms with Crippen LogP contribution in [0.4, 0.5) is 8.78 Å². The number of nitrogens with one attached hydrogen (secondary N) is 2. The van der Waals surface area contributed by atoms with E-state index in [-0.39, 0.29) is 19.0 Å². The van der Waals surface area contributed by atoms with Crippen LogP contribution in [0.3, 0.4) is 0 Å². The number of amides is 1. The van der Waals surface area contributed by atoms with E-state index < -0.39 is 30.8 Å². The fraction of sp³-hybridized carbons (Fsp3) is 0.462. The van der Waals surface area contributed by atoms with Gasteiger partial charge >= 0.3 is 0 Å². The first-order valence-electron chi connectivity index (χ1n) is 6.12. The molecular weight excluding hydrogens is 370 g/mol. The van der Waals surface area contributed by atoms with Crippen molar-refractivity contribution in [3.63, 3.8) is 0 Å². The van der Waals surface area contributed by atoms with Gasteiger partial charge in [-0.25, -0.2) is 8.78 Å². The van der Waals surface area contributed by atoms with E-state index in [0.717, 1.165) is 10.0 Å². The zero-order valence-corrected chi connectivity index (χ0v) is 13.7. The third kappa shape index (κ3) is 4.79. The van der Waals surface area contributed by atoms with Crippen molar-refractivity contribution in [2.75, 3.05) is 13.7 Å². The molecule has 21 heavy (non-hydrogen) atoms. The maximum atomic E-state index is 13.0. The van der Waals surface area contributed by atoms with Crippen LogP contribution in [0.1, 0.15) is 12.0 Å². The van der Waals surface area contributed by atoms with Crippen LogP contribution < -0.4 is 15.4 Å². The van der Waals surface area contributed by atoms with Crippen molar-refractivity contribution in [1.29, 1.82) is 0 Å². The maximum absolute atomic E-state index is 13.0. The summed E-state index contributed by atoms with van der Waals surface area (Å²) in [6.07, 6.45) is -0.453. The summed E-state index contributed by atoms with van der Waals surface area (Å²) >= 11 is 3.35. The van der Waals surface area contributed by atoms with Crippen molar-refractivity contribution in [1.82, 2.24) is 10.6 Å². The van der Waals surface area contributed by atoms with E-state index in [1.807, 2.05) is 6.07 Å². The second kappa shape index (κ2) is 7.38. The van der Waals surface area contributed by atoms with Gasteiger partial charge in [-0.1, -0.05) is 6.07 Å². The molecule has 0 bridgehead atoms. The number of ether oxygens (including phenoxy) is 1. The number of methoxy groups -OCH3 is 1. The molecule has 1 aromatic rings. The molecule has 0 aromatic heterocycles. The highest BCUT2D eigenvalue weighted by atomic mass is 79.9. The molecule has 1 amide bonds. The molecule has 0 aliphatic carbocycles. The third-order valence-corrected chi connectivity index (χ3v) is 3.73. The highest BCUT2D eigenvalue weighted by molar-refractivity contribution is 9.10. The summed E-state index contributed by atoms with van der Waals surface area (Å²) in [5.41, 5.74) is 0.857. The Bertz CT molecular complexity index is 517. The monoisotopic (exact) mass is 384 g/mol. The summed E-state index contributed by atoms with van der Waals surface area (Å²) in [6, 6.07) is 4.57. The lowest BCUT2D eigenvalue weighted by atomic mass is 10.1. The van der Waals surface area contributed by atoms with Crippen LogP contribution in [-0.4, -0.2) is 31.5 Å². The quantitative estimate of drug-likeness (QED) is 0.837. The summed E-state index contributed by atoms with van der Waals surface area (Å²) < 4.78 is 31.9. The molecule has 2 N–H and O–H groups in total. The van der Waals surface area contributed by atoms with Gasteiger partial charge in [-0.05, 0) is 33.6 Å². The largest absolute Gasteiger partial charge is 0.496 e. The molecule has 1 aromatic carbocycles. The van der Waals surface area contributed by atoms with Crippen molar-refractivity contribution in [2.24, 2.45) is 0 Å². The summed E-state index contributed by atoms with van der Waals surface area (Å²) in [4.78, 5) is 11.8. The van der Waals surface area contributed by atoms with Crippen molar-refractivity contribution >= 4 is 34.2 Å². The molecule has 2 rings (SSSR count).